The van der Waals surface area contributed by atoms with Crippen molar-refractivity contribution in [2.75, 3.05) is 26.8 Å². The van der Waals surface area contributed by atoms with Crippen molar-refractivity contribution in [3.05, 3.63) is 23.8 Å². The molecule has 3 rings (SSSR count). The predicted octanol–water partition coefficient (Wildman–Crippen LogP) is 1.13. The number of likely N-dealkylation sites (tertiary alicyclic amines) is 1. The number of hydrogen-bond donors (Lipinski definition) is 1. The van der Waals surface area contributed by atoms with Crippen LogP contribution in [-0.4, -0.2) is 49.6 Å². The number of likely N-dealkylation sites (N-methyl/N-ethyl adjacent to an activating group) is 1. The average Bonchev–Trinajstić information content (AvgIpc) is 2.61. The highest BCUT2D eigenvalue weighted by Crippen LogP contribution is 2.31. The van der Waals surface area contributed by atoms with E-state index in [-0.39, 0.29) is 24.3 Å². The van der Waals surface area contributed by atoms with E-state index in [0.29, 0.717) is 31.3 Å². The van der Waals surface area contributed by atoms with E-state index < -0.39 is 0 Å². The molecule has 1 saturated heterocycles. The molecule has 1 N–H and O–H groups in total. The number of hydrogen-bond acceptors (Lipinski definition) is 4. The molecule has 1 fully saturated rings. The SMILES string of the molecule is CNC(=O)C1CCCCN1C(=O)Cc1ccc2c(c1)OCCO2. The van der Waals surface area contributed by atoms with Crippen molar-refractivity contribution in [3.63, 3.8) is 0 Å². The number of fused-ring (bicyclic) bond motifs is 1. The van der Waals surface area contributed by atoms with Crippen LogP contribution in [0.2, 0.25) is 0 Å². The Balaban J connectivity index is 1.71. The van der Waals surface area contributed by atoms with Gasteiger partial charge in [0, 0.05) is 13.6 Å². The maximum Gasteiger partial charge on any atom is 0.242 e. The van der Waals surface area contributed by atoms with E-state index in [9.17, 15) is 9.59 Å². The number of benzene rings is 1. The molecule has 124 valence electrons. The molecule has 0 spiro atoms. The first kappa shape index (κ1) is 15.6. The fourth-order valence-electron chi connectivity index (χ4n) is 3.14. The summed E-state index contributed by atoms with van der Waals surface area (Å²) in [6, 6.07) is 5.22. The van der Waals surface area contributed by atoms with E-state index in [1.807, 2.05) is 18.2 Å². The molecule has 2 aliphatic heterocycles. The van der Waals surface area contributed by atoms with Gasteiger partial charge in [-0.05, 0) is 37.0 Å². The average molecular weight is 318 g/mol. The number of nitrogens with one attached hydrogen (secondary N) is 1. The van der Waals surface area contributed by atoms with E-state index in [2.05, 4.69) is 5.32 Å². The Hall–Kier alpha value is -2.24. The molecular formula is C17H22N2O4. The van der Waals surface area contributed by atoms with Gasteiger partial charge in [0.1, 0.15) is 19.3 Å². The summed E-state index contributed by atoms with van der Waals surface area (Å²) in [5, 5.41) is 2.65. The molecule has 0 saturated carbocycles. The van der Waals surface area contributed by atoms with Crippen molar-refractivity contribution in [2.24, 2.45) is 0 Å². The topological polar surface area (TPSA) is 67.9 Å². The van der Waals surface area contributed by atoms with Gasteiger partial charge in [-0.15, -0.1) is 0 Å². The number of rotatable bonds is 3. The Bertz CT molecular complexity index is 602. The van der Waals surface area contributed by atoms with Crippen molar-refractivity contribution in [1.29, 1.82) is 0 Å². The number of piperidine rings is 1. The number of ether oxygens (including phenoxy) is 2. The molecule has 6 heteroatoms. The van der Waals surface area contributed by atoms with Crippen LogP contribution in [0.15, 0.2) is 18.2 Å². The van der Waals surface area contributed by atoms with Crippen LogP contribution >= 0.6 is 0 Å². The predicted molar refractivity (Wildman–Crippen MR) is 84.6 cm³/mol. The normalized spacial score (nSPS) is 20.0. The molecular weight excluding hydrogens is 296 g/mol. The lowest BCUT2D eigenvalue weighted by molar-refractivity contribution is -0.141. The number of carbonyl (C=O) groups is 2. The van der Waals surface area contributed by atoms with Gasteiger partial charge in [0.15, 0.2) is 11.5 Å². The minimum absolute atomic E-state index is 0.0185. The summed E-state index contributed by atoms with van der Waals surface area (Å²) in [5.74, 6) is 1.30. The second-order valence-electron chi connectivity index (χ2n) is 5.87. The molecule has 2 heterocycles. The third-order valence-corrected chi connectivity index (χ3v) is 4.33. The summed E-state index contributed by atoms with van der Waals surface area (Å²) in [7, 11) is 1.61. The van der Waals surface area contributed by atoms with Crippen molar-refractivity contribution in [3.8, 4) is 11.5 Å². The molecule has 1 unspecified atom stereocenters. The lowest BCUT2D eigenvalue weighted by Crippen LogP contribution is -2.51. The van der Waals surface area contributed by atoms with Crippen molar-refractivity contribution < 1.29 is 19.1 Å². The van der Waals surface area contributed by atoms with Gasteiger partial charge in [-0.3, -0.25) is 9.59 Å². The van der Waals surface area contributed by atoms with E-state index >= 15 is 0 Å². The fraction of sp³-hybridized carbons (Fsp3) is 0.529. The third kappa shape index (κ3) is 3.41. The van der Waals surface area contributed by atoms with E-state index in [4.69, 9.17) is 9.47 Å². The van der Waals surface area contributed by atoms with Crippen LogP contribution in [-0.2, 0) is 16.0 Å². The highest BCUT2D eigenvalue weighted by Gasteiger charge is 2.31. The molecule has 23 heavy (non-hydrogen) atoms. The largest absolute Gasteiger partial charge is 0.486 e. The summed E-state index contributed by atoms with van der Waals surface area (Å²) in [4.78, 5) is 26.3. The zero-order chi connectivity index (χ0) is 16.2. The second-order valence-corrected chi connectivity index (χ2v) is 5.87. The minimum Gasteiger partial charge on any atom is -0.486 e. The van der Waals surface area contributed by atoms with Crippen LogP contribution in [0.3, 0.4) is 0 Å². The Kier molecular flexibility index (Phi) is 4.69. The molecule has 0 aromatic heterocycles. The van der Waals surface area contributed by atoms with Crippen LogP contribution in [0, 0.1) is 0 Å². The van der Waals surface area contributed by atoms with Gasteiger partial charge in [-0.1, -0.05) is 6.07 Å². The summed E-state index contributed by atoms with van der Waals surface area (Å²) < 4.78 is 11.0. The molecule has 0 aliphatic carbocycles. The maximum atomic E-state index is 12.6. The molecule has 1 atom stereocenters. The Labute approximate surface area is 135 Å². The highest BCUT2D eigenvalue weighted by molar-refractivity contribution is 5.88. The maximum absolute atomic E-state index is 12.6. The first-order valence-corrected chi connectivity index (χ1v) is 8.08. The molecule has 0 bridgehead atoms. The van der Waals surface area contributed by atoms with Gasteiger partial charge < -0.3 is 19.7 Å². The lowest BCUT2D eigenvalue weighted by Gasteiger charge is -2.34. The number of nitrogens with zero attached hydrogens (tertiary/aromatic N) is 1. The summed E-state index contributed by atoms with van der Waals surface area (Å²) in [6.07, 6.45) is 2.92. The quantitative estimate of drug-likeness (QED) is 0.907. The Morgan fingerprint density at radius 2 is 2.00 bits per heavy atom. The summed E-state index contributed by atoms with van der Waals surface area (Å²) in [5.41, 5.74) is 0.875. The van der Waals surface area contributed by atoms with Crippen LogP contribution < -0.4 is 14.8 Å². The molecule has 2 aliphatic rings. The van der Waals surface area contributed by atoms with E-state index in [0.717, 1.165) is 24.8 Å². The number of carbonyl (C=O) groups excluding carboxylic acids is 2. The van der Waals surface area contributed by atoms with Crippen LogP contribution in [0.4, 0.5) is 0 Å². The second kappa shape index (κ2) is 6.89. The van der Waals surface area contributed by atoms with Gasteiger partial charge in [0.25, 0.3) is 0 Å². The standard InChI is InChI=1S/C17H22N2O4/c1-18-17(21)13-4-2-3-7-19(13)16(20)11-12-5-6-14-15(10-12)23-9-8-22-14/h5-6,10,13H,2-4,7-9,11H2,1H3,(H,18,21). The minimum atomic E-state index is -0.349. The molecule has 1 aromatic rings. The van der Waals surface area contributed by atoms with Gasteiger partial charge in [-0.2, -0.15) is 0 Å². The smallest absolute Gasteiger partial charge is 0.242 e. The fourth-order valence-corrected chi connectivity index (χ4v) is 3.14. The van der Waals surface area contributed by atoms with Gasteiger partial charge >= 0.3 is 0 Å². The molecule has 1 aromatic carbocycles. The lowest BCUT2D eigenvalue weighted by atomic mass is 10.00. The first-order chi connectivity index (χ1) is 11.2. The highest BCUT2D eigenvalue weighted by atomic mass is 16.6. The zero-order valence-electron chi connectivity index (χ0n) is 13.3. The van der Waals surface area contributed by atoms with Gasteiger partial charge in [0.2, 0.25) is 11.8 Å². The van der Waals surface area contributed by atoms with Crippen LogP contribution in [0.5, 0.6) is 11.5 Å². The number of amides is 2. The van der Waals surface area contributed by atoms with Crippen molar-refractivity contribution in [2.45, 2.75) is 31.7 Å². The molecule has 6 nitrogen and oxygen atoms in total. The third-order valence-electron chi connectivity index (χ3n) is 4.33. The van der Waals surface area contributed by atoms with Crippen molar-refractivity contribution in [1.82, 2.24) is 10.2 Å². The van der Waals surface area contributed by atoms with Gasteiger partial charge in [0.05, 0.1) is 6.42 Å². The summed E-state index contributed by atoms with van der Waals surface area (Å²) >= 11 is 0. The van der Waals surface area contributed by atoms with Crippen LogP contribution in [0.25, 0.3) is 0 Å². The monoisotopic (exact) mass is 318 g/mol. The van der Waals surface area contributed by atoms with E-state index in [1.54, 1.807) is 11.9 Å². The van der Waals surface area contributed by atoms with Crippen molar-refractivity contribution >= 4 is 11.8 Å². The summed E-state index contributed by atoms with van der Waals surface area (Å²) in [6.45, 7) is 1.71. The Morgan fingerprint density at radius 3 is 2.78 bits per heavy atom. The van der Waals surface area contributed by atoms with Crippen LogP contribution in [0.1, 0.15) is 24.8 Å². The molecule has 2 amide bonds. The van der Waals surface area contributed by atoms with Gasteiger partial charge in [-0.25, -0.2) is 0 Å². The first-order valence-electron chi connectivity index (χ1n) is 8.08. The van der Waals surface area contributed by atoms with E-state index in [1.165, 1.54) is 0 Å². The zero-order valence-corrected chi connectivity index (χ0v) is 13.3. The molecule has 0 radical (unpaired) electrons. The Morgan fingerprint density at radius 1 is 1.22 bits per heavy atom.